The standard InChI is InChI=1S/C25H30N8O2S/c1-15-19(12-31(5)30-15)21-13-33-24(36-21)18(11-27-33)23(35)29-20-9-17(10-26-16(20)2)28-22(34)14-32-8-6-7-25(32,3)4/h9-13H,6-8,14H2,1-5H3,(H,28,34)(H,29,35). The van der Waals surface area contributed by atoms with Gasteiger partial charge in [0.25, 0.3) is 5.91 Å². The Bertz CT molecular complexity index is 1460. The van der Waals surface area contributed by atoms with E-state index in [2.05, 4.69) is 44.6 Å². The molecule has 2 amide bonds. The molecular formula is C25H30N8O2S. The van der Waals surface area contributed by atoms with Gasteiger partial charge in [-0.3, -0.25) is 24.2 Å². The number of likely N-dealkylation sites (tertiary alicyclic amines) is 1. The largest absolute Gasteiger partial charge is 0.324 e. The van der Waals surface area contributed by atoms with Gasteiger partial charge in [0.2, 0.25) is 5.91 Å². The monoisotopic (exact) mass is 506 g/mol. The number of aromatic nitrogens is 5. The van der Waals surface area contributed by atoms with Crippen LogP contribution in [0.2, 0.25) is 0 Å². The predicted molar refractivity (Wildman–Crippen MR) is 140 cm³/mol. The number of rotatable bonds is 6. The van der Waals surface area contributed by atoms with Crippen LogP contribution in [0.3, 0.4) is 0 Å². The van der Waals surface area contributed by atoms with E-state index in [1.165, 1.54) is 11.3 Å². The molecule has 0 bridgehead atoms. The van der Waals surface area contributed by atoms with E-state index in [0.29, 0.717) is 29.2 Å². The number of pyridine rings is 1. The van der Waals surface area contributed by atoms with Crippen molar-refractivity contribution in [1.29, 1.82) is 0 Å². The molecule has 0 spiro atoms. The van der Waals surface area contributed by atoms with Crippen molar-refractivity contribution < 1.29 is 9.59 Å². The Labute approximate surface area is 213 Å². The predicted octanol–water partition coefficient (Wildman–Crippen LogP) is 3.87. The zero-order chi connectivity index (χ0) is 25.6. The molecule has 188 valence electrons. The Morgan fingerprint density at radius 3 is 2.64 bits per heavy atom. The Hall–Kier alpha value is -3.57. The van der Waals surface area contributed by atoms with Crippen LogP contribution in [0.5, 0.6) is 0 Å². The lowest BCUT2D eigenvalue weighted by Crippen LogP contribution is -2.42. The van der Waals surface area contributed by atoms with Gasteiger partial charge in [0.05, 0.1) is 52.1 Å². The van der Waals surface area contributed by atoms with E-state index in [4.69, 9.17) is 0 Å². The van der Waals surface area contributed by atoms with E-state index in [0.717, 1.165) is 40.4 Å². The third kappa shape index (κ3) is 4.63. The second-order valence-electron chi connectivity index (χ2n) is 9.90. The molecule has 1 aliphatic rings. The van der Waals surface area contributed by atoms with Crippen molar-refractivity contribution in [1.82, 2.24) is 29.3 Å². The van der Waals surface area contributed by atoms with Crippen LogP contribution in [0.1, 0.15) is 48.4 Å². The topological polar surface area (TPSA) is 109 Å². The molecule has 1 saturated heterocycles. The highest BCUT2D eigenvalue weighted by molar-refractivity contribution is 7.21. The number of carbonyl (C=O) groups excluding carboxylic acids is 2. The molecule has 11 heteroatoms. The van der Waals surface area contributed by atoms with Crippen molar-refractivity contribution in [2.24, 2.45) is 7.05 Å². The molecular weight excluding hydrogens is 476 g/mol. The lowest BCUT2D eigenvalue weighted by molar-refractivity contribution is -0.118. The Balaban J connectivity index is 1.32. The molecule has 0 atom stereocenters. The summed E-state index contributed by atoms with van der Waals surface area (Å²) in [5, 5.41) is 14.6. The van der Waals surface area contributed by atoms with Crippen LogP contribution in [0.15, 0.2) is 30.9 Å². The Kier molecular flexibility index (Phi) is 6.13. The third-order valence-corrected chi connectivity index (χ3v) is 7.89. The highest BCUT2D eigenvalue weighted by Gasteiger charge is 2.32. The van der Waals surface area contributed by atoms with E-state index in [-0.39, 0.29) is 17.4 Å². The van der Waals surface area contributed by atoms with E-state index >= 15 is 0 Å². The quantitative estimate of drug-likeness (QED) is 0.411. The molecule has 5 heterocycles. The van der Waals surface area contributed by atoms with Crippen molar-refractivity contribution in [2.45, 2.75) is 46.1 Å². The van der Waals surface area contributed by atoms with E-state index in [1.54, 1.807) is 27.7 Å². The van der Waals surface area contributed by atoms with Crippen LogP contribution in [0.4, 0.5) is 11.4 Å². The van der Waals surface area contributed by atoms with Gasteiger partial charge in [-0.25, -0.2) is 4.52 Å². The summed E-state index contributed by atoms with van der Waals surface area (Å²) in [6, 6.07) is 1.74. The molecule has 5 rings (SSSR count). The molecule has 1 aliphatic heterocycles. The van der Waals surface area contributed by atoms with Crippen molar-refractivity contribution >= 4 is 39.4 Å². The average molecular weight is 507 g/mol. The first kappa shape index (κ1) is 24.1. The van der Waals surface area contributed by atoms with Crippen LogP contribution in [-0.2, 0) is 11.8 Å². The van der Waals surface area contributed by atoms with Gasteiger partial charge in [0.1, 0.15) is 4.83 Å². The fourth-order valence-corrected chi connectivity index (χ4v) is 5.78. The summed E-state index contributed by atoms with van der Waals surface area (Å²) in [6.07, 6.45) is 9.22. The molecule has 1 fully saturated rings. The summed E-state index contributed by atoms with van der Waals surface area (Å²) >= 11 is 1.49. The first-order valence-electron chi connectivity index (χ1n) is 11.9. The van der Waals surface area contributed by atoms with Crippen LogP contribution in [0.25, 0.3) is 15.3 Å². The smallest absolute Gasteiger partial charge is 0.260 e. The second kappa shape index (κ2) is 9.14. The van der Waals surface area contributed by atoms with Crippen LogP contribution < -0.4 is 10.6 Å². The van der Waals surface area contributed by atoms with E-state index < -0.39 is 0 Å². The van der Waals surface area contributed by atoms with Crippen molar-refractivity contribution in [3.63, 3.8) is 0 Å². The van der Waals surface area contributed by atoms with Crippen molar-refractivity contribution in [2.75, 3.05) is 23.7 Å². The van der Waals surface area contributed by atoms with Gasteiger partial charge < -0.3 is 10.6 Å². The highest BCUT2D eigenvalue weighted by atomic mass is 32.1. The van der Waals surface area contributed by atoms with Gasteiger partial charge >= 0.3 is 0 Å². The normalized spacial score (nSPS) is 15.5. The summed E-state index contributed by atoms with van der Waals surface area (Å²) in [5.41, 5.74) is 4.17. The van der Waals surface area contributed by atoms with Gasteiger partial charge in [-0.15, -0.1) is 11.3 Å². The third-order valence-electron chi connectivity index (χ3n) is 6.75. The van der Waals surface area contributed by atoms with Gasteiger partial charge in [-0.05, 0) is 53.1 Å². The van der Waals surface area contributed by atoms with Crippen molar-refractivity contribution in [3.05, 3.63) is 47.8 Å². The molecule has 0 unspecified atom stereocenters. The number of fused-ring (bicyclic) bond motifs is 1. The summed E-state index contributed by atoms with van der Waals surface area (Å²) in [6.45, 7) is 9.34. The number of amides is 2. The number of nitrogens with zero attached hydrogens (tertiary/aromatic N) is 6. The maximum absolute atomic E-state index is 13.2. The minimum Gasteiger partial charge on any atom is -0.324 e. The molecule has 2 N–H and O–H groups in total. The van der Waals surface area contributed by atoms with Gasteiger partial charge in [0, 0.05) is 30.5 Å². The number of anilines is 2. The molecule has 4 aromatic rings. The van der Waals surface area contributed by atoms with Gasteiger partial charge in [0.15, 0.2) is 0 Å². The average Bonchev–Trinajstić information content (AvgIpc) is 3.54. The lowest BCUT2D eigenvalue weighted by atomic mass is 10.0. The number of thiazole rings is 1. The maximum atomic E-state index is 13.2. The zero-order valence-corrected chi connectivity index (χ0v) is 21.9. The van der Waals surface area contributed by atoms with Crippen LogP contribution >= 0.6 is 11.3 Å². The number of hydrogen-bond acceptors (Lipinski definition) is 7. The van der Waals surface area contributed by atoms with E-state index in [9.17, 15) is 9.59 Å². The number of aryl methyl sites for hydroxylation is 3. The molecule has 36 heavy (non-hydrogen) atoms. The summed E-state index contributed by atoms with van der Waals surface area (Å²) < 4.78 is 3.48. The summed E-state index contributed by atoms with van der Waals surface area (Å²) in [4.78, 5) is 34.2. The summed E-state index contributed by atoms with van der Waals surface area (Å²) in [5.74, 6) is -0.378. The van der Waals surface area contributed by atoms with Crippen LogP contribution in [0, 0.1) is 13.8 Å². The summed E-state index contributed by atoms with van der Waals surface area (Å²) in [7, 11) is 1.88. The number of carbonyl (C=O) groups is 2. The fourth-order valence-electron chi connectivity index (χ4n) is 4.66. The molecule has 0 aliphatic carbocycles. The number of nitrogens with one attached hydrogen (secondary N) is 2. The van der Waals surface area contributed by atoms with Gasteiger partial charge in [-0.2, -0.15) is 10.2 Å². The molecule has 0 saturated carbocycles. The Morgan fingerprint density at radius 1 is 1.14 bits per heavy atom. The van der Waals surface area contributed by atoms with E-state index in [1.807, 2.05) is 33.3 Å². The minimum absolute atomic E-state index is 0.0241. The van der Waals surface area contributed by atoms with Crippen molar-refractivity contribution in [3.8, 4) is 10.4 Å². The maximum Gasteiger partial charge on any atom is 0.260 e. The highest BCUT2D eigenvalue weighted by Crippen LogP contribution is 2.32. The molecule has 4 aromatic heterocycles. The lowest BCUT2D eigenvalue weighted by Gasteiger charge is -2.30. The number of hydrogen-bond donors (Lipinski definition) is 2. The SMILES string of the molecule is Cc1ncc(NC(=O)CN2CCCC2(C)C)cc1NC(=O)c1cnn2cc(-c3cn(C)nc3C)sc12. The van der Waals surface area contributed by atoms with Gasteiger partial charge in [-0.1, -0.05) is 0 Å². The Morgan fingerprint density at radius 2 is 1.94 bits per heavy atom. The molecule has 0 aromatic carbocycles. The fraction of sp³-hybridized carbons (Fsp3) is 0.400. The second-order valence-corrected chi connectivity index (χ2v) is 10.9. The molecule has 0 radical (unpaired) electrons. The van der Waals surface area contributed by atoms with Crippen LogP contribution in [-0.4, -0.2) is 59.7 Å². The minimum atomic E-state index is -0.284. The molecule has 10 nitrogen and oxygen atoms in total. The first-order chi connectivity index (χ1) is 17.1. The zero-order valence-electron chi connectivity index (χ0n) is 21.1. The first-order valence-corrected chi connectivity index (χ1v) is 12.7.